The zero-order valence-corrected chi connectivity index (χ0v) is 12.5. The number of ether oxygens (including phenoxy) is 1. The highest BCUT2D eigenvalue weighted by atomic mass is 32.2. The van der Waals surface area contributed by atoms with E-state index in [0.29, 0.717) is 23.3 Å². The van der Waals surface area contributed by atoms with E-state index in [0.717, 1.165) is 10.7 Å². The minimum atomic E-state index is 0.461. The molecule has 0 unspecified atom stereocenters. The van der Waals surface area contributed by atoms with Gasteiger partial charge in [-0.15, -0.1) is 10.2 Å². The minimum Gasteiger partial charge on any atom is -0.496 e. The topological polar surface area (TPSA) is 66.0 Å². The maximum atomic E-state index is 5.69. The summed E-state index contributed by atoms with van der Waals surface area (Å²) in [5.41, 5.74) is 0.792. The Hall–Kier alpha value is -2.28. The first kappa shape index (κ1) is 13.7. The van der Waals surface area contributed by atoms with Crippen molar-refractivity contribution in [1.29, 1.82) is 0 Å². The van der Waals surface area contributed by atoms with Crippen molar-refractivity contribution in [3.8, 4) is 17.2 Å². The molecule has 1 aromatic carbocycles. The summed E-state index contributed by atoms with van der Waals surface area (Å²) in [6.45, 7) is 0. The van der Waals surface area contributed by atoms with Crippen molar-refractivity contribution in [2.45, 2.75) is 10.9 Å². The van der Waals surface area contributed by atoms with Crippen LogP contribution in [0.3, 0.4) is 0 Å². The summed E-state index contributed by atoms with van der Waals surface area (Å²) in [7, 11) is 3.57. The molecule has 0 fully saturated rings. The Bertz CT molecular complexity index is 738. The van der Waals surface area contributed by atoms with Crippen LogP contribution in [0.25, 0.3) is 11.5 Å². The van der Waals surface area contributed by atoms with Gasteiger partial charge in [-0.2, -0.15) is 0 Å². The van der Waals surface area contributed by atoms with Gasteiger partial charge in [0.1, 0.15) is 5.75 Å². The normalized spacial score (nSPS) is 10.8. The summed E-state index contributed by atoms with van der Waals surface area (Å²) < 4.78 is 12.9. The van der Waals surface area contributed by atoms with Crippen molar-refractivity contribution in [3.63, 3.8) is 0 Å². The molecule has 0 N–H and O–H groups in total. The molecule has 0 saturated carbocycles. The predicted octanol–water partition coefficient (Wildman–Crippen LogP) is 2.77. The van der Waals surface area contributed by atoms with Crippen molar-refractivity contribution in [2.24, 2.45) is 7.05 Å². The van der Waals surface area contributed by atoms with Crippen molar-refractivity contribution in [1.82, 2.24) is 19.7 Å². The zero-order valence-electron chi connectivity index (χ0n) is 11.7. The molecule has 6 nitrogen and oxygen atoms in total. The number of hydrogen-bond acceptors (Lipinski definition) is 6. The fraction of sp³-hybridized carbons (Fsp3) is 0.214. The summed E-state index contributed by atoms with van der Waals surface area (Å²) in [6.07, 6.45) is 3.66. The summed E-state index contributed by atoms with van der Waals surface area (Å²) in [5.74, 6) is 2.31. The molecule has 0 atom stereocenters. The SMILES string of the molecule is COc1ccccc1-c1nnc(CSc2nccn2C)o1. The lowest BCUT2D eigenvalue weighted by Crippen LogP contribution is -1.89. The maximum absolute atomic E-state index is 5.69. The summed E-state index contributed by atoms with van der Waals surface area (Å²) in [5, 5.41) is 9.06. The third-order valence-electron chi connectivity index (χ3n) is 2.91. The third kappa shape index (κ3) is 2.92. The molecule has 108 valence electrons. The van der Waals surface area contributed by atoms with E-state index >= 15 is 0 Å². The molecular formula is C14H14N4O2S. The molecule has 0 aliphatic rings. The molecule has 2 heterocycles. The molecule has 3 rings (SSSR count). The Balaban J connectivity index is 1.76. The van der Waals surface area contributed by atoms with Crippen LogP contribution in [0.5, 0.6) is 5.75 Å². The number of para-hydroxylation sites is 1. The van der Waals surface area contributed by atoms with E-state index in [4.69, 9.17) is 9.15 Å². The van der Waals surface area contributed by atoms with Crippen molar-refractivity contribution < 1.29 is 9.15 Å². The van der Waals surface area contributed by atoms with Crippen LogP contribution < -0.4 is 4.74 Å². The van der Waals surface area contributed by atoms with Crippen LogP contribution >= 0.6 is 11.8 Å². The first-order valence-electron chi connectivity index (χ1n) is 6.34. The largest absolute Gasteiger partial charge is 0.496 e. The molecule has 0 bridgehead atoms. The highest BCUT2D eigenvalue weighted by Gasteiger charge is 2.13. The average molecular weight is 302 g/mol. The number of aromatic nitrogens is 4. The van der Waals surface area contributed by atoms with Gasteiger partial charge in [0.15, 0.2) is 5.16 Å². The van der Waals surface area contributed by atoms with Crippen molar-refractivity contribution >= 4 is 11.8 Å². The Morgan fingerprint density at radius 1 is 1.29 bits per heavy atom. The number of methoxy groups -OCH3 is 1. The van der Waals surface area contributed by atoms with E-state index in [-0.39, 0.29) is 0 Å². The highest BCUT2D eigenvalue weighted by molar-refractivity contribution is 7.98. The Labute approximate surface area is 126 Å². The van der Waals surface area contributed by atoms with Crippen LogP contribution in [0.2, 0.25) is 0 Å². The number of nitrogens with zero attached hydrogens (tertiary/aromatic N) is 4. The lowest BCUT2D eigenvalue weighted by molar-refractivity contribution is 0.414. The number of aryl methyl sites for hydroxylation is 1. The van der Waals surface area contributed by atoms with Crippen LogP contribution in [0.15, 0.2) is 46.2 Å². The predicted molar refractivity (Wildman–Crippen MR) is 79.1 cm³/mol. The third-order valence-corrected chi connectivity index (χ3v) is 3.95. The standard InChI is InChI=1S/C14H14N4O2S/c1-18-8-7-15-14(18)21-9-12-16-17-13(20-12)10-5-3-4-6-11(10)19-2/h3-8H,9H2,1-2H3. The van der Waals surface area contributed by atoms with E-state index in [2.05, 4.69) is 15.2 Å². The van der Waals surface area contributed by atoms with Gasteiger partial charge < -0.3 is 13.7 Å². The first-order valence-corrected chi connectivity index (χ1v) is 7.32. The molecule has 3 aromatic rings. The monoisotopic (exact) mass is 302 g/mol. The van der Waals surface area contributed by atoms with E-state index in [9.17, 15) is 0 Å². The number of rotatable bonds is 5. The molecule has 21 heavy (non-hydrogen) atoms. The van der Waals surface area contributed by atoms with Crippen LogP contribution in [0, 0.1) is 0 Å². The zero-order chi connectivity index (χ0) is 14.7. The summed E-state index contributed by atoms with van der Waals surface area (Å²) >= 11 is 1.55. The van der Waals surface area contributed by atoms with Gasteiger partial charge in [0.05, 0.1) is 18.4 Å². The number of benzene rings is 1. The van der Waals surface area contributed by atoms with Gasteiger partial charge in [0.2, 0.25) is 5.89 Å². The average Bonchev–Trinajstić information content (AvgIpc) is 3.14. The van der Waals surface area contributed by atoms with Crippen LogP contribution in [-0.4, -0.2) is 26.9 Å². The second-order valence-corrected chi connectivity index (χ2v) is 5.25. The van der Waals surface area contributed by atoms with Gasteiger partial charge in [-0.1, -0.05) is 23.9 Å². The Morgan fingerprint density at radius 2 is 2.14 bits per heavy atom. The molecule has 0 radical (unpaired) electrons. The Morgan fingerprint density at radius 3 is 2.90 bits per heavy atom. The molecular weight excluding hydrogens is 288 g/mol. The molecule has 7 heteroatoms. The van der Waals surface area contributed by atoms with Crippen molar-refractivity contribution in [3.05, 3.63) is 42.5 Å². The minimum absolute atomic E-state index is 0.461. The molecule has 0 amide bonds. The second kappa shape index (κ2) is 6.01. The maximum Gasteiger partial charge on any atom is 0.251 e. The highest BCUT2D eigenvalue weighted by Crippen LogP contribution is 2.29. The summed E-state index contributed by atoms with van der Waals surface area (Å²) in [6, 6.07) is 7.56. The van der Waals surface area contributed by atoms with Crippen molar-refractivity contribution in [2.75, 3.05) is 7.11 Å². The Kier molecular flexibility index (Phi) is 3.92. The van der Waals surface area contributed by atoms with E-state index in [1.807, 2.05) is 42.1 Å². The van der Waals surface area contributed by atoms with Gasteiger partial charge in [0, 0.05) is 19.4 Å². The van der Waals surface area contributed by atoms with E-state index < -0.39 is 0 Å². The van der Waals surface area contributed by atoms with Crippen LogP contribution in [0.1, 0.15) is 5.89 Å². The second-order valence-electron chi connectivity index (χ2n) is 4.31. The summed E-state index contributed by atoms with van der Waals surface area (Å²) in [4.78, 5) is 4.24. The van der Waals surface area contributed by atoms with Gasteiger partial charge in [0.25, 0.3) is 5.89 Å². The van der Waals surface area contributed by atoms with E-state index in [1.54, 1.807) is 25.1 Å². The number of imidazole rings is 1. The fourth-order valence-electron chi connectivity index (χ4n) is 1.86. The molecule has 0 saturated heterocycles. The van der Waals surface area contributed by atoms with Gasteiger partial charge >= 0.3 is 0 Å². The number of thioether (sulfide) groups is 1. The number of hydrogen-bond donors (Lipinski definition) is 0. The van der Waals surface area contributed by atoms with Crippen LogP contribution in [0.4, 0.5) is 0 Å². The van der Waals surface area contributed by atoms with Gasteiger partial charge in [-0.25, -0.2) is 4.98 Å². The van der Waals surface area contributed by atoms with Gasteiger partial charge in [-0.05, 0) is 12.1 Å². The molecule has 0 spiro atoms. The quantitative estimate of drug-likeness (QED) is 0.675. The van der Waals surface area contributed by atoms with Crippen LogP contribution in [-0.2, 0) is 12.8 Å². The van der Waals surface area contributed by atoms with Gasteiger partial charge in [-0.3, -0.25) is 0 Å². The molecule has 0 aliphatic carbocycles. The first-order chi connectivity index (χ1) is 10.3. The molecule has 0 aliphatic heterocycles. The smallest absolute Gasteiger partial charge is 0.251 e. The lowest BCUT2D eigenvalue weighted by atomic mass is 10.2. The lowest BCUT2D eigenvalue weighted by Gasteiger charge is -2.03. The fourth-order valence-corrected chi connectivity index (χ4v) is 2.63. The van der Waals surface area contributed by atoms with E-state index in [1.165, 1.54) is 0 Å². The molecule has 2 aromatic heterocycles.